The molecule has 158 valence electrons. The van der Waals surface area contributed by atoms with Crippen LogP contribution in [-0.2, 0) is 9.59 Å². The van der Waals surface area contributed by atoms with E-state index in [1.54, 1.807) is 13.0 Å². The van der Waals surface area contributed by atoms with Crippen molar-refractivity contribution in [2.24, 2.45) is 34.5 Å². The van der Waals surface area contributed by atoms with E-state index in [4.69, 9.17) is 0 Å². The third-order valence-electron chi connectivity index (χ3n) is 8.85. The number of hydrogen-bond acceptors (Lipinski definition) is 3. The summed E-state index contributed by atoms with van der Waals surface area (Å²) in [5, 5.41) is 11.1. The lowest BCUT2D eigenvalue weighted by Gasteiger charge is -2.64. The number of fused-ring (bicyclic) bond motifs is 5. The van der Waals surface area contributed by atoms with Gasteiger partial charge in [-0.3, -0.25) is 9.59 Å². The molecule has 3 nitrogen and oxygen atoms in total. The summed E-state index contributed by atoms with van der Waals surface area (Å²) < 4.78 is 16.9. The number of carbonyl (C=O) groups is 2. The molecule has 0 heterocycles. The number of halogens is 1. The molecule has 0 bridgehead atoms. The Balaban J connectivity index is 0.00000109. The van der Waals surface area contributed by atoms with Crippen LogP contribution in [0.1, 0.15) is 80.1 Å². The summed E-state index contributed by atoms with van der Waals surface area (Å²) in [6.45, 7) is 11.8. The predicted octanol–water partition coefficient (Wildman–Crippen LogP) is 5.06. The summed E-state index contributed by atoms with van der Waals surface area (Å²) in [5.41, 5.74) is -1.90. The van der Waals surface area contributed by atoms with Crippen LogP contribution in [0.3, 0.4) is 0 Å². The Morgan fingerprint density at radius 3 is 2.46 bits per heavy atom. The summed E-state index contributed by atoms with van der Waals surface area (Å²) >= 11 is 0. The van der Waals surface area contributed by atoms with E-state index < -0.39 is 17.2 Å². The summed E-state index contributed by atoms with van der Waals surface area (Å²) in [5.74, 6) is 0.212. The quantitative estimate of drug-likeness (QED) is 0.679. The highest BCUT2D eigenvalue weighted by Gasteiger charge is 2.71. The number of Topliss-reactive ketones (excluding diaryl/α,β-unsaturated/α-hetero) is 1. The van der Waals surface area contributed by atoms with Crippen molar-refractivity contribution in [3.05, 3.63) is 11.6 Å². The van der Waals surface area contributed by atoms with Crippen molar-refractivity contribution < 1.29 is 19.1 Å². The van der Waals surface area contributed by atoms with Gasteiger partial charge in [-0.1, -0.05) is 40.2 Å². The average molecular weight is 393 g/mol. The lowest BCUT2D eigenvalue weighted by molar-refractivity contribution is -0.213. The molecular formula is C24H37FO3. The van der Waals surface area contributed by atoms with Crippen molar-refractivity contribution in [1.29, 1.82) is 0 Å². The number of ketones is 2. The van der Waals surface area contributed by atoms with E-state index >= 15 is 4.39 Å². The number of carbonyl (C=O) groups excluding carboxylic acids is 2. The monoisotopic (exact) mass is 392 g/mol. The topological polar surface area (TPSA) is 54.4 Å². The van der Waals surface area contributed by atoms with E-state index in [2.05, 4.69) is 13.8 Å². The maximum Gasteiger partial charge on any atom is 0.155 e. The number of hydrogen-bond donors (Lipinski definition) is 1. The van der Waals surface area contributed by atoms with Gasteiger partial charge >= 0.3 is 0 Å². The zero-order valence-electron chi connectivity index (χ0n) is 18.3. The van der Waals surface area contributed by atoms with Gasteiger partial charge in [0, 0.05) is 23.7 Å². The molecule has 3 saturated carbocycles. The Hall–Kier alpha value is -1.03. The first-order valence-electron chi connectivity index (χ1n) is 11.2. The molecule has 0 aromatic rings. The van der Waals surface area contributed by atoms with Crippen molar-refractivity contribution in [1.82, 2.24) is 0 Å². The fraction of sp³-hybridized carbons (Fsp3) is 0.833. The van der Waals surface area contributed by atoms with Gasteiger partial charge in [0.2, 0.25) is 0 Å². The molecule has 4 rings (SSSR count). The van der Waals surface area contributed by atoms with Gasteiger partial charge in [0.15, 0.2) is 5.78 Å². The van der Waals surface area contributed by atoms with Gasteiger partial charge in [-0.05, 0) is 62.4 Å². The zero-order valence-corrected chi connectivity index (χ0v) is 18.3. The lowest BCUT2D eigenvalue weighted by atomic mass is 9.43. The Kier molecular flexibility index (Phi) is 5.45. The van der Waals surface area contributed by atoms with Crippen LogP contribution in [0, 0.1) is 34.5 Å². The number of rotatable bonds is 1. The van der Waals surface area contributed by atoms with Crippen LogP contribution in [0.5, 0.6) is 0 Å². The first-order chi connectivity index (χ1) is 13.1. The van der Waals surface area contributed by atoms with E-state index in [1.165, 1.54) is 0 Å². The molecule has 8 atom stereocenters. The van der Waals surface area contributed by atoms with E-state index in [0.29, 0.717) is 25.7 Å². The van der Waals surface area contributed by atoms with Crippen molar-refractivity contribution in [2.45, 2.75) is 91.8 Å². The molecule has 4 aliphatic carbocycles. The summed E-state index contributed by atoms with van der Waals surface area (Å²) in [7, 11) is 0. The van der Waals surface area contributed by atoms with E-state index in [-0.39, 0.29) is 40.7 Å². The third kappa shape index (κ3) is 2.62. The summed E-state index contributed by atoms with van der Waals surface area (Å²) in [6, 6.07) is 0. The maximum atomic E-state index is 16.9. The fourth-order valence-corrected chi connectivity index (χ4v) is 7.63. The predicted molar refractivity (Wildman–Crippen MR) is 109 cm³/mol. The van der Waals surface area contributed by atoms with Crippen molar-refractivity contribution in [3.8, 4) is 0 Å². The van der Waals surface area contributed by atoms with Gasteiger partial charge < -0.3 is 5.11 Å². The minimum absolute atomic E-state index is 0.0697. The van der Waals surface area contributed by atoms with Crippen molar-refractivity contribution in [3.63, 3.8) is 0 Å². The Labute approximate surface area is 169 Å². The van der Waals surface area contributed by atoms with Gasteiger partial charge in [0.25, 0.3) is 0 Å². The number of allylic oxidation sites excluding steroid dienone is 1. The van der Waals surface area contributed by atoms with E-state index in [1.807, 2.05) is 20.8 Å². The van der Waals surface area contributed by atoms with E-state index in [0.717, 1.165) is 18.4 Å². The molecule has 4 heteroatoms. The normalized spacial score (nSPS) is 49.8. The molecule has 0 aliphatic heterocycles. The number of aliphatic hydroxyl groups is 1. The first-order valence-corrected chi connectivity index (χ1v) is 11.2. The summed E-state index contributed by atoms with van der Waals surface area (Å²) in [6.07, 6.45) is 4.10. The van der Waals surface area contributed by atoms with Crippen LogP contribution in [0.15, 0.2) is 11.6 Å². The minimum Gasteiger partial charge on any atom is -0.390 e. The van der Waals surface area contributed by atoms with Crippen LogP contribution in [0.25, 0.3) is 0 Å². The molecule has 0 amide bonds. The Bertz CT molecular complexity index is 700. The minimum atomic E-state index is -1.71. The molecule has 0 aromatic carbocycles. The molecule has 6 unspecified atom stereocenters. The molecular weight excluding hydrogens is 355 g/mol. The highest BCUT2D eigenvalue weighted by Crippen LogP contribution is 2.70. The molecule has 28 heavy (non-hydrogen) atoms. The number of alkyl halides is 1. The molecule has 4 aliphatic rings. The number of aliphatic hydroxyl groups excluding tert-OH is 1. The maximum absolute atomic E-state index is 16.9. The molecule has 0 radical (unpaired) electrons. The van der Waals surface area contributed by atoms with Crippen LogP contribution in [0.4, 0.5) is 4.39 Å². The van der Waals surface area contributed by atoms with Crippen molar-refractivity contribution >= 4 is 11.6 Å². The smallest absolute Gasteiger partial charge is 0.155 e. The fourth-order valence-electron chi connectivity index (χ4n) is 7.63. The Morgan fingerprint density at radius 1 is 1.21 bits per heavy atom. The highest BCUT2D eigenvalue weighted by atomic mass is 19.1. The zero-order chi connectivity index (χ0) is 21.1. The standard InChI is InChI=1S/C22H31FO3.C2H6/c1-12-9-18-16-6-5-15(13(2)24)20(16,3)11-19(26)22(18,23)21(4)8-7-14(25)10-17(12)21;1-2/h10,12,15-16,18-19,26H,5-9,11H2,1-4H3;1-2H3/t12-,15?,16?,18?,19?,20?,21?,22-;/m0./s1. The van der Waals surface area contributed by atoms with E-state index in [9.17, 15) is 14.7 Å². The molecule has 0 saturated heterocycles. The lowest BCUT2D eigenvalue weighted by Crippen LogP contribution is -2.68. The molecule has 1 N–H and O–H groups in total. The second-order valence-corrected chi connectivity index (χ2v) is 9.98. The second-order valence-electron chi connectivity index (χ2n) is 9.98. The first kappa shape index (κ1) is 21.7. The van der Waals surface area contributed by atoms with Crippen LogP contribution in [-0.4, -0.2) is 28.4 Å². The van der Waals surface area contributed by atoms with Crippen LogP contribution in [0.2, 0.25) is 0 Å². The highest BCUT2D eigenvalue weighted by molar-refractivity contribution is 5.92. The largest absolute Gasteiger partial charge is 0.390 e. The molecule has 3 fully saturated rings. The van der Waals surface area contributed by atoms with Crippen molar-refractivity contribution in [2.75, 3.05) is 0 Å². The SMILES string of the molecule is CC.CC(=O)C1CCC2C3C[C@H](C)C4=CC(=O)CCC4(C)[C@@]3(F)C(O)CC12C. The second kappa shape index (κ2) is 7.04. The van der Waals surface area contributed by atoms with Gasteiger partial charge in [-0.25, -0.2) is 4.39 Å². The van der Waals surface area contributed by atoms with Gasteiger partial charge in [-0.2, -0.15) is 0 Å². The molecule has 0 aromatic heterocycles. The third-order valence-corrected chi connectivity index (χ3v) is 8.85. The van der Waals surface area contributed by atoms with Crippen LogP contribution < -0.4 is 0 Å². The van der Waals surface area contributed by atoms with Gasteiger partial charge in [0.1, 0.15) is 11.5 Å². The van der Waals surface area contributed by atoms with Crippen LogP contribution >= 0.6 is 0 Å². The van der Waals surface area contributed by atoms with Gasteiger partial charge in [-0.15, -0.1) is 0 Å². The molecule has 0 spiro atoms. The summed E-state index contributed by atoms with van der Waals surface area (Å²) in [4.78, 5) is 24.2. The Morgan fingerprint density at radius 2 is 1.86 bits per heavy atom. The van der Waals surface area contributed by atoms with Gasteiger partial charge in [0.05, 0.1) is 6.10 Å². The average Bonchev–Trinajstić information content (AvgIpc) is 2.98.